The van der Waals surface area contributed by atoms with E-state index >= 15 is 0 Å². The summed E-state index contributed by atoms with van der Waals surface area (Å²) in [5, 5.41) is 2.23. The number of aromatic nitrogens is 2. The van der Waals surface area contributed by atoms with E-state index in [1.54, 1.807) is 18.0 Å². The van der Waals surface area contributed by atoms with Crippen LogP contribution in [0.3, 0.4) is 0 Å². The Morgan fingerprint density at radius 1 is 1.00 bits per heavy atom. The van der Waals surface area contributed by atoms with E-state index in [9.17, 15) is 0 Å². The lowest BCUT2D eigenvalue weighted by Crippen LogP contribution is -1.99. The predicted octanol–water partition coefficient (Wildman–Crippen LogP) is 7.16. The van der Waals surface area contributed by atoms with Gasteiger partial charge >= 0.3 is 0 Å². The van der Waals surface area contributed by atoms with Crippen molar-refractivity contribution in [3.8, 4) is 0 Å². The summed E-state index contributed by atoms with van der Waals surface area (Å²) < 4.78 is 2.10. The van der Waals surface area contributed by atoms with E-state index in [0.717, 1.165) is 29.3 Å². The van der Waals surface area contributed by atoms with Gasteiger partial charge in [0, 0.05) is 34.1 Å². The van der Waals surface area contributed by atoms with Crippen molar-refractivity contribution in [1.29, 1.82) is 0 Å². The van der Waals surface area contributed by atoms with Crippen molar-refractivity contribution < 1.29 is 0 Å². The van der Waals surface area contributed by atoms with Crippen molar-refractivity contribution in [2.24, 2.45) is 0 Å². The Bertz CT molecular complexity index is 804. The monoisotopic (exact) mass is 410 g/mol. The molecule has 0 bridgehead atoms. The lowest BCUT2D eigenvalue weighted by Gasteiger charge is -2.18. The minimum Gasteiger partial charge on any atom is -0.337 e. The maximum absolute atomic E-state index is 6.16. The van der Waals surface area contributed by atoms with Crippen LogP contribution in [0.1, 0.15) is 23.7 Å². The van der Waals surface area contributed by atoms with E-state index in [0.29, 0.717) is 15.3 Å². The normalized spacial score (nSPS) is 12.3. The third-order valence-electron chi connectivity index (χ3n) is 3.85. The van der Waals surface area contributed by atoms with Gasteiger partial charge in [-0.15, -0.1) is 11.8 Å². The molecule has 6 heteroatoms. The number of hydrogen-bond acceptors (Lipinski definition) is 2. The lowest BCUT2D eigenvalue weighted by molar-refractivity contribution is 0.604. The Morgan fingerprint density at radius 3 is 2.48 bits per heavy atom. The molecule has 0 spiro atoms. The van der Waals surface area contributed by atoms with Gasteiger partial charge in [0.2, 0.25) is 0 Å². The minimum atomic E-state index is 0.318. The standard InChI is InChI=1S/C19H17Cl3N2S/c20-15-5-3-14(4-6-15)19(2-1-10-24-11-9-23-13-24)25-16-7-8-17(21)18(22)12-16/h3-9,11-13,19H,1-2,10H2. The van der Waals surface area contributed by atoms with Crippen LogP contribution in [0.2, 0.25) is 15.1 Å². The Hall–Kier alpha value is -1.13. The van der Waals surface area contributed by atoms with Crippen LogP contribution in [0.4, 0.5) is 0 Å². The molecule has 3 aromatic rings. The molecule has 0 saturated heterocycles. The van der Waals surface area contributed by atoms with Crippen molar-refractivity contribution >= 4 is 46.6 Å². The summed E-state index contributed by atoms with van der Waals surface area (Å²) in [6.07, 6.45) is 7.73. The quantitative estimate of drug-likeness (QED) is 0.384. The molecule has 0 amide bonds. The zero-order chi connectivity index (χ0) is 17.6. The van der Waals surface area contributed by atoms with Gasteiger partial charge in [0.15, 0.2) is 0 Å². The largest absolute Gasteiger partial charge is 0.337 e. The molecule has 0 aliphatic rings. The van der Waals surface area contributed by atoms with Crippen molar-refractivity contribution in [2.45, 2.75) is 29.5 Å². The third kappa shape index (κ3) is 5.42. The molecule has 0 saturated carbocycles. The van der Waals surface area contributed by atoms with Crippen LogP contribution in [-0.4, -0.2) is 9.55 Å². The van der Waals surface area contributed by atoms with Gasteiger partial charge in [0.1, 0.15) is 0 Å². The number of imidazole rings is 1. The summed E-state index contributed by atoms with van der Waals surface area (Å²) in [6.45, 7) is 0.950. The first kappa shape index (κ1) is 18.7. The molecule has 1 unspecified atom stereocenters. The second-order valence-corrected chi connectivity index (χ2v) is 8.20. The molecule has 2 nitrogen and oxygen atoms in total. The molecule has 0 N–H and O–H groups in total. The van der Waals surface area contributed by atoms with Crippen LogP contribution in [0.5, 0.6) is 0 Å². The summed E-state index contributed by atoms with van der Waals surface area (Å²) in [6, 6.07) is 13.8. The van der Waals surface area contributed by atoms with Crippen molar-refractivity contribution in [1.82, 2.24) is 9.55 Å². The van der Waals surface area contributed by atoms with Crippen LogP contribution in [0.15, 0.2) is 66.1 Å². The van der Waals surface area contributed by atoms with E-state index < -0.39 is 0 Å². The highest BCUT2D eigenvalue weighted by Crippen LogP contribution is 2.40. The summed E-state index contributed by atoms with van der Waals surface area (Å²) in [7, 11) is 0. The van der Waals surface area contributed by atoms with Gasteiger partial charge in [0.25, 0.3) is 0 Å². The molecule has 1 atom stereocenters. The summed E-state index contributed by atoms with van der Waals surface area (Å²) in [5.41, 5.74) is 1.26. The number of halogens is 3. The second kappa shape index (κ2) is 9.00. The average Bonchev–Trinajstić information content (AvgIpc) is 3.11. The first-order chi connectivity index (χ1) is 12.1. The molecule has 0 radical (unpaired) electrons. The number of benzene rings is 2. The fourth-order valence-corrected chi connectivity index (χ4v) is 4.29. The van der Waals surface area contributed by atoms with E-state index in [2.05, 4.69) is 21.7 Å². The zero-order valence-corrected chi connectivity index (χ0v) is 16.5. The maximum Gasteiger partial charge on any atom is 0.0945 e. The van der Waals surface area contributed by atoms with Gasteiger partial charge in [-0.25, -0.2) is 4.98 Å². The van der Waals surface area contributed by atoms with Crippen molar-refractivity contribution in [3.05, 3.63) is 81.8 Å². The Labute approximate surface area is 167 Å². The van der Waals surface area contributed by atoms with E-state index in [1.807, 2.05) is 42.9 Å². The lowest BCUT2D eigenvalue weighted by atomic mass is 10.1. The number of rotatable bonds is 7. The molecule has 1 aromatic heterocycles. The highest BCUT2D eigenvalue weighted by molar-refractivity contribution is 7.99. The first-order valence-electron chi connectivity index (χ1n) is 7.95. The van der Waals surface area contributed by atoms with Crippen LogP contribution in [-0.2, 0) is 6.54 Å². The molecule has 130 valence electrons. The van der Waals surface area contributed by atoms with E-state index in [1.165, 1.54) is 5.56 Å². The summed E-state index contributed by atoms with van der Waals surface area (Å²) in [4.78, 5) is 5.20. The average molecular weight is 412 g/mol. The van der Waals surface area contributed by atoms with Crippen molar-refractivity contribution in [2.75, 3.05) is 0 Å². The third-order valence-corrected chi connectivity index (χ3v) is 6.16. The van der Waals surface area contributed by atoms with Gasteiger partial charge < -0.3 is 4.57 Å². The predicted molar refractivity (Wildman–Crippen MR) is 108 cm³/mol. The summed E-state index contributed by atoms with van der Waals surface area (Å²) >= 11 is 20.0. The Balaban J connectivity index is 1.73. The highest BCUT2D eigenvalue weighted by Gasteiger charge is 2.14. The number of aryl methyl sites for hydroxylation is 1. The smallest absolute Gasteiger partial charge is 0.0945 e. The van der Waals surface area contributed by atoms with Gasteiger partial charge in [-0.05, 0) is 48.7 Å². The minimum absolute atomic E-state index is 0.318. The van der Waals surface area contributed by atoms with Gasteiger partial charge in [-0.3, -0.25) is 0 Å². The molecule has 0 fully saturated rings. The highest BCUT2D eigenvalue weighted by atomic mass is 35.5. The van der Waals surface area contributed by atoms with Crippen LogP contribution in [0.25, 0.3) is 0 Å². The molecule has 0 aliphatic heterocycles. The molecule has 25 heavy (non-hydrogen) atoms. The number of thioether (sulfide) groups is 1. The fraction of sp³-hybridized carbons (Fsp3) is 0.211. The van der Waals surface area contributed by atoms with Crippen LogP contribution >= 0.6 is 46.6 Å². The van der Waals surface area contributed by atoms with E-state index in [-0.39, 0.29) is 0 Å². The molecular formula is C19H17Cl3N2S. The van der Waals surface area contributed by atoms with Crippen molar-refractivity contribution in [3.63, 3.8) is 0 Å². The van der Waals surface area contributed by atoms with Gasteiger partial charge in [-0.1, -0.05) is 46.9 Å². The zero-order valence-electron chi connectivity index (χ0n) is 13.4. The maximum atomic E-state index is 6.16. The molecule has 2 aromatic carbocycles. The fourth-order valence-electron chi connectivity index (χ4n) is 2.56. The number of hydrogen-bond donors (Lipinski definition) is 0. The molecule has 3 rings (SSSR count). The molecule has 0 aliphatic carbocycles. The van der Waals surface area contributed by atoms with E-state index in [4.69, 9.17) is 34.8 Å². The molecule has 1 heterocycles. The Morgan fingerprint density at radius 2 is 1.80 bits per heavy atom. The topological polar surface area (TPSA) is 17.8 Å². The number of nitrogens with zero attached hydrogens (tertiary/aromatic N) is 2. The van der Waals surface area contributed by atoms with Crippen LogP contribution < -0.4 is 0 Å². The van der Waals surface area contributed by atoms with Gasteiger partial charge in [-0.2, -0.15) is 0 Å². The van der Waals surface area contributed by atoms with Crippen LogP contribution in [0, 0.1) is 0 Å². The first-order valence-corrected chi connectivity index (χ1v) is 9.96. The Kier molecular flexibility index (Phi) is 6.71. The van der Waals surface area contributed by atoms with Gasteiger partial charge in [0.05, 0.1) is 16.4 Å². The SMILES string of the molecule is Clc1ccc(C(CCCn2ccnc2)Sc2ccc(Cl)c(Cl)c2)cc1. The molecular weight excluding hydrogens is 395 g/mol. The second-order valence-electron chi connectivity index (χ2n) is 5.68. The summed E-state index contributed by atoms with van der Waals surface area (Å²) in [5.74, 6) is 0.